The van der Waals surface area contributed by atoms with Crippen LogP contribution in [0.4, 0.5) is 11.4 Å². The van der Waals surface area contributed by atoms with E-state index in [2.05, 4.69) is 0 Å². The van der Waals surface area contributed by atoms with E-state index >= 15 is 0 Å². The van der Waals surface area contributed by atoms with Gasteiger partial charge >= 0.3 is 0 Å². The van der Waals surface area contributed by atoms with Crippen molar-refractivity contribution >= 4 is 34.6 Å². The summed E-state index contributed by atoms with van der Waals surface area (Å²) in [6.45, 7) is 0. The monoisotopic (exact) mass is 308 g/mol. The lowest BCUT2D eigenvalue weighted by Crippen LogP contribution is -1.85. The van der Waals surface area contributed by atoms with Gasteiger partial charge in [-0.05, 0) is 24.2 Å². The summed E-state index contributed by atoms with van der Waals surface area (Å²) < 4.78 is 57.6. The molecule has 0 fully saturated rings. The number of hydrogen-bond donors (Lipinski definition) is 1. The second kappa shape index (κ2) is 8.34. The van der Waals surface area contributed by atoms with Crippen LogP contribution in [0.15, 0.2) is 48.3 Å². The molecule has 0 aliphatic heterocycles. The number of nitrogens with zero attached hydrogens (tertiary/aromatic N) is 1. The quantitative estimate of drug-likeness (QED) is 0.467. The van der Waals surface area contributed by atoms with E-state index in [1.807, 2.05) is 0 Å². The number of benzene rings is 2. The highest BCUT2D eigenvalue weighted by molar-refractivity contribution is 6.31. The molecule has 0 radical (unpaired) electrons. The predicted octanol–water partition coefficient (Wildman–Crippen LogP) is 4.81. The predicted molar refractivity (Wildman–Crippen MR) is 80.7 cm³/mol. The van der Waals surface area contributed by atoms with Crippen molar-refractivity contribution in [2.75, 3.05) is 5.73 Å². The van der Waals surface area contributed by atoms with Crippen LogP contribution in [0.1, 0.15) is 18.4 Å². The van der Waals surface area contributed by atoms with Crippen molar-refractivity contribution in [1.82, 2.24) is 0 Å². The van der Waals surface area contributed by atoms with E-state index in [4.69, 9.17) is 39.9 Å². The Morgan fingerprint density at radius 2 is 1.63 bits per heavy atom. The molecule has 0 saturated heterocycles. The molecule has 2 rings (SSSR count). The number of nitrogen functional groups attached to an aromatic ring is 1. The molecule has 0 bridgehead atoms. The van der Waals surface area contributed by atoms with E-state index in [0.717, 1.165) is 0 Å². The third-order valence-corrected chi connectivity index (χ3v) is 1.76. The third-order valence-electron chi connectivity index (χ3n) is 1.38. The van der Waals surface area contributed by atoms with Crippen molar-refractivity contribution in [1.29, 1.82) is 0 Å². The molecule has 0 aromatic heterocycles. The van der Waals surface area contributed by atoms with Gasteiger partial charge in [0.25, 0.3) is 5.69 Å². The number of nitro benzene ring substituents is 1. The second-order valence-corrected chi connectivity index (χ2v) is 3.40. The highest BCUT2D eigenvalue weighted by Gasteiger charge is 2.02. The molecule has 4 nitrogen and oxygen atoms in total. The van der Waals surface area contributed by atoms with Gasteiger partial charge < -0.3 is 5.73 Å². The molecule has 0 unspecified atom stereocenters. The average Bonchev–Trinajstić information content (AvgIpc) is 2.60. The first-order valence-corrected chi connectivity index (χ1v) is 5.01. The van der Waals surface area contributed by atoms with Crippen LogP contribution in [-0.2, 0) is 0 Å². The van der Waals surface area contributed by atoms with E-state index in [1.54, 1.807) is 0 Å². The zero-order valence-corrected chi connectivity index (χ0v) is 10.1. The molecule has 0 aliphatic rings. The van der Waals surface area contributed by atoms with E-state index in [0.29, 0.717) is 0 Å². The van der Waals surface area contributed by atoms with Crippen molar-refractivity contribution in [3.8, 4) is 0 Å². The molecule has 0 spiro atoms. The molecular formula is C13H14Cl2N2O2. The van der Waals surface area contributed by atoms with Gasteiger partial charge in [0.2, 0.25) is 0 Å². The summed E-state index contributed by atoms with van der Waals surface area (Å²) in [5.41, 5.74) is 4.30. The van der Waals surface area contributed by atoms with Crippen molar-refractivity contribution in [2.24, 2.45) is 0 Å². The van der Waals surface area contributed by atoms with Gasteiger partial charge in [0.15, 0.2) is 0 Å². The number of halogens is 2. The molecule has 0 heterocycles. The topological polar surface area (TPSA) is 69.2 Å². The molecule has 0 atom stereocenters. The standard InChI is InChI=1S/C6H4ClNO2.C6H6ClN.CH4/c7-5-2-1-3-6(4-5)8(9)10;7-5-2-1-3-6(8)4-5;/h1-4H;1-4H,8H2;1H4/i2*1D,2D,3D,4D;. The smallest absolute Gasteiger partial charge is 0.270 e. The summed E-state index contributed by atoms with van der Waals surface area (Å²) in [5, 5.41) is 9.77. The normalized spacial score (nSPS) is 14.6. The minimum Gasteiger partial charge on any atom is -0.399 e. The van der Waals surface area contributed by atoms with Gasteiger partial charge in [-0.1, -0.05) is 42.7 Å². The molecular weight excluding hydrogens is 287 g/mol. The molecule has 2 aromatic carbocycles. The summed E-state index contributed by atoms with van der Waals surface area (Å²) in [6.07, 6.45) is 0. The lowest BCUT2D eigenvalue weighted by molar-refractivity contribution is -0.384. The maximum atomic E-state index is 10.4. The van der Waals surface area contributed by atoms with Crippen molar-refractivity contribution in [3.63, 3.8) is 0 Å². The van der Waals surface area contributed by atoms with Gasteiger partial charge in [-0.25, -0.2) is 0 Å². The van der Waals surface area contributed by atoms with Gasteiger partial charge in [-0.15, -0.1) is 0 Å². The van der Waals surface area contributed by atoms with Gasteiger partial charge in [0, 0.05) is 27.8 Å². The summed E-state index contributed by atoms with van der Waals surface area (Å²) >= 11 is 10.9. The zero-order chi connectivity index (χ0) is 20.5. The molecule has 2 N–H and O–H groups in total. The molecule has 6 heteroatoms. The minimum atomic E-state index is -0.950. The fourth-order valence-corrected chi connectivity index (χ4v) is 1.02. The van der Waals surface area contributed by atoms with Gasteiger partial charge in [-0.2, -0.15) is 0 Å². The number of anilines is 1. The second-order valence-electron chi connectivity index (χ2n) is 2.65. The van der Waals surface area contributed by atoms with E-state index in [1.165, 1.54) is 0 Å². The summed E-state index contributed by atoms with van der Waals surface area (Å²) in [5.74, 6) is 0. The van der Waals surface area contributed by atoms with E-state index in [-0.39, 0.29) is 42.3 Å². The summed E-state index contributed by atoms with van der Waals surface area (Å²) in [4.78, 5) is 9.47. The van der Waals surface area contributed by atoms with E-state index in [9.17, 15) is 10.1 Å². The van der Waals surface area contributed by atoms with Gasteiger partial charge in [0.1, 0.15) is 0 Å². The Kier molecular flexibility index (Phi) is 3.39. The lowest BCUT2D eigenvalue weighted by Gasteiger charge is -1.89. The maximum Gasteiger partial charge on any atom is 0.270 e. The molecule has 0 saturated carbocycles. The van der Waals surface area contributed by atoms with Crippen LogP contribution >= 0.6 is 23.2 Å². The third kappa shape index (κ3) is 6.64. The Morgan fingerprint density at radius 3 is 2.21 bits per heavy atom. The first kappa shape index (κ1) is 7.72. The lowest BCUT2D eigenvalue weighted by atomic mass is 10.3. The first-order chi connectivity index (χ1) is 11.8. The maximum absolute atomic E-state index is 10.4. The Hall–Kier alpha value is -1.78. The largest absolute Gasteiger partial charge is 0.399 e. The number of rotatable bonds is 1. The highest BCUT2D eigenvalue weighted by atomic mass is 35.5. The molecule has 2 aromatic rings. The molecule has 19 heavy (non-hydrogen) atoms. The Labute approximate surface area is 133 Å². The Morgan fingerprint density at radius 1 is 1.11 bits per heavy atom. The van der Waals surface area contributed by atoms with Gasteiger partial charge in [0.05, 0.1) is 15.9 Å². The van der Waals surface area contributed by atoms with Crippen molar-refractivity contribution < 1.29 is 15.9 Å². The average molecular weight is 309 g/mol. The van der Waals surface area contributed by atoms with Crippen molar-refractivity contribution in [3.05, 3.63) is 68.5 Å². The Bertz CT molecular complexity index is 777. The molecule has 0 aliphatic carbocycles. The molecule has 102 valence electrons. The number of hydrogen-bond acceptors (Lipinski definition) is 3. The fraction of sp³-hybridized carbons (Fsp3) is 0.0769. The fourth-order valence-electron chi connectivity index (χ4n) is 0.737. The number of nitro groups is 1. The summed E-state index contributed by atoms with van der Waals surface area (Å²) in [7, 11) is 0. The van der Waals surface area contributed by atoms with Crippen LogP contribution in [0.5, 0.6) is 0 Å². The minimum absolute atomic E-state index is 0. The van der Waals surface area contributed by atoms with Crippen molar-refractivity contribution in [2.45, 2.75) is 7.43 Å². The van der Waals surface area contributed by atoms with Crippen LogP contribution in [0, 0.1) is 10.1 Å². The van der Waals surface area contributed by atoms with Gasteiger partial charge in [-0.3, -0.25) is 10.1 Å². The number of nitrogens with two attached hydrogens (primary N) is 1. The Balaban J connectivity index is 0.000000488. The van der Waals surface area contributed by atoms with Crippen LogP contribution in [0.3, 0.4) is 0 Å². The van der Waals surface area contributed by atoms with Crippen LogP contribution in [0.2, 0.25) is 10.0 Å². The highest BCUT2D eigenvalue weighted by Crippen LogP contribution is 2.16. The first-order valence-electron chi connectivity index (χ1n) is 8.26. The van der Waals surface area contributed by atoms with Crippen LogP contribution < -0.4 is 5.73 Å². The summed E-state index contributed by atoms with van der Waals surface area (Å²) in [6, 6.07) is -3.84. The molecule has 0 amide bonds. The van der Waals surface area contributed by atoms with E-state index < -0.39 is 39.8 Å². The zero-order valence-electron chi connectivity index (χ0n) is 16.6. The van der Waals surface area contributed by atoms with Crippen LogP contribution in [-0.4, -0.2) is 4.92 Å². The van der Waals surface area contributed by atoms with Crippen LogP contribution in [0.25, 0.3) is 0 Å². The SMILES string of the molecule is C.[2H]c1c([2H])c(Cl)c([2H])c([N+](=O)[O-])c1[2H].[2H]c1c([2H])c(N)c([2H])c(Cl)c1[2H].